The number of carboxylic acids is 1. The van der Waals surface area contributed by atoms with Crippen LogP contribution < -0.4 is 5.32 Å². The van der Waals surface area contributed by atoms with Crippen LogP contribution in [0.2, 0.25) is 0 Å². The Bertz CT molecular complexity index is 561. The fourth-order valence-corrected chi connectivity index (χ4v) is 1.67. The average molecular weight is 263 g/mol. The first-order valence-electron chi connectivity index (χ1n) is 5.44. The van der Waals surface area contributed by atoms with Crippen molar-refractivity contribution in [3.8, 4) is 6.07 Å². The molecule has 1 aromatic carbocycles. The van der Waals surface area contributed by atoms with Crippen LogP contribution in [0.1, 0.15) is 25.8 Å². The highest BCUT2D eigenvalue weighted by atomic mass is 16.6. The van der Waals surface area contributed by atoms with Crippen molar-refractivity contribution in [2.24, 2.45) is 0 Å². The third-order valence-corrected chi connectivity index (χ3v) is 2.39. The van der Waals surface area contributed by atoms with Crippen LogP contribution in [0.15, 0.2) is 18.2 Å². The number of nitrogens with one attached hydrogen (secondary N) is 1. The predicted octanol–water partition coefficient (Wildman–Crippen LogP) is 2.13. The largest absolute Gasteiger partial charge is 0.481 e. The van der Waals surface area contributed by atoms with Gasteiger partial charge in [-0.3, -0.25) is 14.9 Å². The van der Waals surface area contributed by atoms with E-state index in [1.807, 2.05) is 0 Å². The van der Waals surface area contributed by atoms with E-state index in [1.54, 1.807) is 19.9 Å². The van der Waals surface area contributed by atoms with Crippen LogP contribution in [0.4, 0.5) is 11.4 Å². The summed E-state index contributed by atoms with van der Waals surface area (Å²) in [5.74, 6) is -0.972. The second-order valence-electron chi connectivity index (χ2n) is 4.68. The van der Waals surface area contributed by atoms with Gasteiger partial charge in [0.25, 0.3) is 5.69 Å². The molecule has 0 atom stereocenters. The molecule has 0 spiro atoms. The molecule has 1 rings (SSSR count). The van der Waals surface area contributed by atoms with Gasteiger partial charge in [0.15, 0.2) is 0 Å². The number of hydrogen-bond acceptors (Lipinski definition) is 5. The second-order valence-corrected chi connectivity index (χ2v) is 4.68. The standard InChI is InChI=1S/C12H13N3O4/c1-12(2,6-11(16)17)14-9-4-3-8(7-13)10(5-9)15(18)19/h3-5,14H,6H2,1-2H3,(H,16,17). The molecular weight excluding hydrogens is 250 g/mol. The number of aliphatic carboxylic acids is 1. The fraction of sp³-hybridized carbons (Fsp3) is 0.333. The lowest BCUT2D eigenvalue weighted by Gasteiger charge is -2.25. The van der Waals surface area contributed by atoms with Gasteiger partial charge in [-0.2, -0.15) is 5.26 Å². The van der Waals surface area contributed by atoms with Crippen molar-refractivity contribution < 1.29 is 14.8 Å². The second kappa shape index (κ2) is 5.35. The summed E-state index contributed by atoms with van der Waals surface area (Å²) in [4.78, 5) is 20.9. The fourth-order valence-electron chi connectivity index (χ4n) is 1.67. The van der Waals surface area contributed by atoms with Crippen LogP contribution in [-0.2, 0) is 4.79 Å². The van der Waals surface area contributed by atoms with Crippen LogP contribution in [0.3, 0.4) is 0 Å². The van der Waals surface area contributed by atoms with E-state index < -0.39 is 16.4 Å². The molecule has 0 aliphatic heterocycles. The van der Waals surface area contributed by atoms with Crippen molar-refractivity contribution in [2.45, 2.75) is 25.8 Å². The molecule has 7 nitrogen and oxygen atoms in total. The molecule has 0 aromatic heterocycles. The lowest BCUT2D eigenvalue weighted by atomic mass is 10.00. The number of nitro benzene ring substituents is 1. The highest BCUT2D eigenvalue weighted by Gasteiger charge is 2.23. The number of carbonyl (C=O) groups is 1. The summed E-state index contributed by atoms with van der Waals surface area (Å²) in [7, 11) is 0. The molecule has 0 unspecified atom stereocenters. The van der Waals surface area contributed by atoms with Gasteiger partial charge in [-0.15, -0.1) is 0 Å². The number of nitriles is 1. The normalized spacial score (nSPS) is 10.6. The smallest absolute Gasteiger partial charge is 0.305 e. The molecule has 0 saturated carbocycles. The van der Waals surface area contributed by atoms with Crippen molar-refractivity contribution >= 4 is 17.3 Å². The van der Waals surface area contributed by atoms with Crippen LogP contribution in [0.25, 0.3) is 0 Å². The molecule has 0 fully saturated rings. The Kier molecular flexibility index (Phi) is 4.07. The zero-order chi connectivity index (χ0) is 14.6. The van der Waals surface area contributed by atoms with Gasteiger partial charge < -0.3 is 10.4 Å². The van der Waals surface area contributed by atoms with E-state index in [0.717, 1.165) is 0 Å². The zero-order valence-corrected chi connectivity index (χ0v) is 10.5. The van der Waals surface area contributed by atoms with E-state index in [0.29, 0.717) is 5.69 Å². The van der Waals surface area contributed by atoms with Crippen LogP contribution >= 0.6 is 0 Å². The van der Waals surface area contributed by atoms with Gasteiger partial charge in [0.2, 0.25) is 0 Å². The zero-order valence-electron chi connectivity index (χ0n) is 10.5. The van der Waals surface area contributed by atoms with Crippen molar-refractivity contribution in [3.05, 3.63) is 33.9 Å². The maximum Gasteiger partial charge on any atom is 0.305 e. The third-order valence-electron chi connectivity index (χ3n) is 2.39. The van der Waals surface area contributed by atoms with E-state index >= 15 is 0 Å². The lowest BCUT2D eigenvalue weighted by Crippen LogP contribution is -2.33. The number of carboxylic acid groups (broad SMARTS) is 1. The third kappa shape index (κ3) is 3.96. The van der Waals surface area contributed by atoms with Gasteiger partial charge in [-0.25, -0.2) is 0 Å². The van der Waals surface area contributed by atoms with E-state index in [2.05, 4.69) is 5.32 Å². The van der Waals surface area contributed by atoms with Crippen molar-refractivity contribution in [3.63, 3.8) is 0 Å². The Morgan fingerprint density at radius 2 is 2.21 bits per heavy atom. The number of nitrogens with zero attached hydrogens (tertiary/aromatic N) is 2. The number of hydrogen-bond donors (Lipinski definition) is 2. The van der Waals surface area contributed by atoms with Gasteiger partial charge in [-0.05, 0) is 26.0 Å². The van der Waals surface area contributed by atoms with E-state index in [4.69, 9.17) is 10.4 Å². The molecule has 0 radical (unpaired) electrons. The minimum atomic E-state index is -0.972. The Hall–Kier alpha value is -2.62. The Morgan fingerprint density at radius 3 is 2.68 bits per heavy atom. The molecule has 19 heavy (non-hydrogen) atoms. The molecule has 2 N–H and O–H groups in total. The first-order valence-corrected chi connectivity index (χ1v) is 5.44. The van der Waals surface area contributed by atoms with Crippen LogP contribution in [-0.4, -0.2) is 21.5 Å². The van der Waals surface area contributed by atoms with Crippen LogP contribution in [0.5, 0.6) is 0 Å². The van der Waals surface area contributed by atoms with E-state index in [9.17, 15) is 14.9 Å². The van der Waals surface area contributed by atoms with Crippen molar-refractivity contribution in [1.29, 1.82) is 5.26 Å². The molecule has 100 valence electrons. The molecule has 0 bridgehead atoms. The van der Waals surface area contributed by atoms with E-state index in [1.165, 1.54) is 18.2 Å². The Morgan fingerprint density at radius 1 is 1.58 bits per heavy atom. The monoisotopic (exact) mass is 263 g/mol. The highest BCUT2D eigenvalue weighted by Crippen LogP contribution is 2.25. The Balaban J connectivity index is 3.04. The Labute approximate surface area is 109 Å². The van der Waals surface area contributed by atoms with E-state index in [-0.39, 0.29) is 17.7 Å². The maximum atomic E-state index is 10.8. The van der Waals surface area contributed by atoms with Gasteiger partial charge in [0.05, 0.1) is 11.3 Å². The van der Waals surface area contributed by atoms with Gasteiger partial charge in [0.1, 0.15) is 11.6 Å². The minimum absolute atomic E-state index is 0.0356. The van der Waals surface area contributed by atoms with Crippen LogP contribution in [0, 0.1) is 21.4 Å². The molecule has 0 aliphatic rings. The van der Waals surface area contributed by atoms with Gasteiger partial charge in [0, 0.05) is 17.3 Å². The summed E-state index contributed by atoms with van der Waals surface area (Å²) in [6.45, 7) is 3.34. The van der Waals surface area contributed by atoms with Crippen molar-refractivity contribution in [1.82, 2.24) is 0 Å². The topological polar surface area (TPSA) is 116 Å². The molecule has 0 heterocycles. The quantitative estimate of drug-likeness (QED) is 0.620. The molecule has 7 heteroatoms. The summed E-state index contributed by atoms with van der Waals surface area (Å²) < 4.78 is 0. The number of benzene rings is 1. The predicted molar refractivity (Wildman–Crippen MR) is 67.8 cm³/mol. The average Bonchev–Trinajstić information content (AvgIpc) is 2.26. The summed E-state index contributed by atoms with van der Waals surface area (Å²) in [5.41, 5.74) is -0.699. The number of anilines is 1. The van der Waals surface area contributed by atoms with Gasteiger partial charge in [-0.1, -0.05) is 0 Å². The number of nitro groups is 1. The summed E-state index contributed by atoms with van der Waals surface area (Å²) in [6.07, 6.45) is -0.138. The molecule has 1 aromatic rings. The minimum Gasteiger partial charge on any atom is -0.481 e. The number of rotatable bonds is 5. The highest BCUT2D eigenvalue weighted by molar-refractivity contribution is 5.69. The van der Waals surface area contributed by atoms with Crippen molar-refractivity contribution in [2.75, 3.05) is 5.32 Å². The summed E-state index contributed by atoms with van der Waals surface area (Å²) in [5, 5.41) is 31.2. The SMILES string of the molecule is CC(C)(CC(=O)O)Nc1ccc(C#N)c([N+](=O)[O-])c1. The first kappa shape index (κ1) is 14.4. The molecule has 0 saturated heterocycles. The van der Waals surface area contributed by atoms with Gasteiger partial charge >= 0.3 is 5.97 Å². The maximum absolute atomic E-state index is 10.8. The first-order chi connectivity index (χ1) is 8.75. The molecule has 0 amide bonds. The molecule has 0 aliphatic carbocycles. The molecular formula is C12H13N3O4. The summed E-state index contributed by atoms with van der Waals surface area (Å²) in [6, 6.07) is 5.80. The summed E-state index contributed by atoms with van der Waals surface area (Å²) >= 11 is 0. The lowest BCUT2D eigenvalue weighted by molar-refractivity contribution is -0.385.